The number of Topliss-reactive ketones (excluding diaryl/α,β-unsaturated/α-hetero) is 1. The van der Waals surface area contributed by atoms with E-state index in [9.17, 15) is 4.79 Å². The number of hydrogen-bond acceptors (Lipinski definition) is 2. The summed E-state index contributed by atoms with van der Waals surface area (Å²) < 4.78 is 2.16. The van der Waals surface area contributed by atoms with Gasteiger partial charge in [-0.15, -0.1) is 0 Å². The van der Waals surface area contributed by atoms with Crippen molar-refractivity contribution < 1.29 is 4.79 Å². The first-order valence-electron chi connectivity index (χ1n) is 8.35. The van der Waals surface area contributed by atoms with Gasteiger partial charge < -0.3 is 4.57 Å². The Labute approximate surface area is 146 Å². The topological polar surface area (TPSA) is 34.9 Å². The van der Waals surface area contributed by atoms with Gasteiger partial charge in [0.2, 0.25) is 0 Å². The van der Waals surface area contributed by atoms with Crippen molar-refractivity contribution in [2.24, 2.45) is 0 Å². The Morgan fingerprint density at radius 1 is 0.840 bits per heavy atom. The maximum atomic E-state index is 12.9. The molecular formula is C22H18N2O. The number of fused-ring (bicyclic) bond motifs is 1. The highest BCUT2D eigenvalue weighted by molar-refractivity contribution is 6.08. The van der Waals surface area contributed by atoms with E-state index in [0.29, 0.717) is 6.42 Å². The van der Waals surface area contributed by atoms with E-state index in [1.807, 2.05) is 54.7 Å². The van der Waals surface area contributed by atoms with Crippen molar-refractivity contribution in [3.8, 4) is 0 Å². The van der Waals surface area contributed by atoms with Crippen molar-refractivity contribution in [3.05, 3.63) is 102 Å². The van der Waals surface area contributed by atoms with Gasteiger partial charge in [-0.05, 0) is 29.3 Å². The van der Waals surface area contributed by atoms with E-state index in [2.05, 4.69) is 27.8 Å². The Morgan fingerprint density at radius 2 is 1.56 bits per heavy atom. The van der Waals surface area contributed by atoms with Crippen LogP contribution in [0, 0.1) is 0 Å². The van der Waals surface area contributed by atoms with Crippen molar-refractivity contribution in [1.29, 1.82) is 0 Å². The van der Waals surface area contributed by atoms with Crippen LogP contribution in [-0.2, 0) is 13.0 Å². The second-order valence-corrected chi connectivity index (χ2v) is 6.13. The Balaban J connectivity index is 1.71. The number of benzene rings is 2. The Hall–Kier alpha value is -3.20. The van der Waals surface area contributed by atoms with Crippen LogP contribution < -0.4 is 0 Å². The number of ketones is 1. The summed E-state index contributed by atoms with van der Waals surface area (Å²) in [4.78, 5) is 16.9. The fourth-order valence-corrected chi connectivity index (χ4v) is 3.16. The van der Waals surface area contributed by atoms with Crippen LogP contribution >= 0.6 is 0 Å². The van der Waals surface area contributed by atoms with E-state index in [1.54, 1.807) is 12.4 Å². The molecule has 4 rings (SSSR count). The lowest BCUT2D eigenvalue weighted by Crippen LogP contribution is -2.03. The van der Waals surface area contributed by atoms with E-state index >= 15 is 0 Å². The Kier molecular flexibility index (Phi) is 4.13. The van der Waals surface area contributed by atoms with Gasteiger partial charge in [-0.25, -0.2) is 0 Å². The number of para-hydroxylation sites is 1. The molecule has 0 atom stereocenters. The molecule has 0 aliphatic heterocycles. The highest BCUT2D eigenvalue weighted by Gasteiger charge is 2.15. The summed E-state index contributed by atoms with van der Waals surface area (Å²) in [5.41, 5.74) is 4.07. The zero-order valence-electron chi connectivity index (χ0n) is 13.8. The van der Waals surface area contributed by atoms with Crippen molar-refractivity contribution in [2.45, 2.75) is 13.0 Å². The SMILES string of the molecule is O=C(Cc1ccncc1)c1cn(Cc2ccccc2)c2ccccc12. The van der Waals surface area contributed by atoms with Gasteiger partial charge >= 0.3 is 0 Å². The largest absolute Gasteiger partial charge is 0.342 e. The van der Waals surface area contributed by atoms with E-state index in [0.717, 1.165) is 28.6 Å². The average molecular weight is 326 g/mol. The summed E-state index contributed by atoms with van der Waals surface area (Å²) in [7, 11) is 0. The van der Waals surface area contributed by atoms with Crippen LogP contribution in [0.25, 0.3) is 10.9 Å². The molecule has 2 heterocycles. The number of aromatic nitrogens is 2. The predicted molar refractivity (Wildman–Crippen MR) is 99.8 cm³/mol. The molecule has 0 unspecified atom stereocenters. The molecule has 25 heavy (non-hydrogen) atoms. The molecule has 0 aliphatic carbocycles. The predicted octanol–water partition coefficient (Wildman–Crippen LogP) is 4.51. The molecule has 0 radical (unpaired) electrons. The monoisotopic (exact) mass is 326 g/mol. The Morgan fingerprint density at radius 3 is 2.36 bits per heavy atom. The molecule has 122 valence electrons. The molecule has 0 saturated carbocycles. The quantitative estimate of drug-likeness (QED) is 0.506. The summed E-state index contributed by atoms with van der Waals surface area (Å²) in [6.07, 6.45) is 5.83. The molecule has 0 aliphatic rings. The number of nitrogens with zero attached hydrogens (tertiary/aromatic N) is 2. The van der Waals surface area contributed by atoms with Gasteiger partial charge in [-0.2, -0.15) is 0 Å². The molecule has 0 spiro atoms. The van der Waals surface area contributed by atoms with E-state index < -0.39 is 0 Å². The third-order valence-electron chi connectivity index (χ3n) is 4.40. The molecule has 0 fully saturated rings. The number of pyridine rings is 1. The molecular weight excluding hydrogens is 308 g/mol. The summed E-state index contributed by atoms with van der Waals surface area (Å²) in [6.45, 7) is 0.754. The van der Waals surface area contributed by atoms with E-state index in [1.165, 1.54) is 5.56 Å². The highest BCUT2D eigenvalue weighted by Crippen LogP contribution is 2.24. The number of rotatable bonds is 5. The molecule has 0 N–H and O–H groups in total. The number of carbonyl (C=O) groups excluding carboxylic acids is 1. The molecule has 4 aromatic rings. The van der Waals surface area contributed by atoms with Crippen LogP contribution in [0.2, 0.25) is 0 Å². The van der Waals surface area contributed by atoms with Crippen LogP contribution in [-0.4, -0.2) is 15.3 Å². The first-order valence-corrected chi connectivity index (χ1v) is 8.35. The van der Waals surface area contributed by atoms with Crippen LogP contribution in [0.1, 0.15) is 21.5 Å². The molecule has 3 heteroatoms. The lowest BCUT2D eigenvalue weighted by Gasteiger charge is -2.05. The summed E-state index contributed by atoms with van der Waals surface area (Å²) >= 11 is 0. The van der Waals surface area contributed by atoms with Crippen LogP contribution in [0.3, 0.4) is 0 Å². The van der Waals surface area contributed by atoms with Gasteiger partial charge in [0, 0.05) is 48.0 Å². The zero-order valence-corrected chi connectivity index (χ0v) is 13.8. The van der Waals surface area contributed by atoms with Gasteiger partial charge in [-0.1, -0.05) is 48.5 Å². The average Bonchev–Trinajstić information content (AvgIpc) is 3.02. The molecule has 2 aromatic heterocycles. The molecule has 2 aromatic carbocycles. The summed E-state index contributed by atoms with van der Waals surface area (Å²) in [6, 6.07) is 22.2. The number of hydrogen-bond donors (Lipinski definition) is 0. The zero-order chi connectivity index (χ0) is 17.1. The lowest BCUT2D eigenvalue weighted by atomic mass is 10.0. The van der Waals surface area contributed by atoms with E-state index in [4.69, 9.17) is 0 Å². The second-order valence-electron chi connectivity index (χ2n) is 6.13. The summed E-state index contributed by atoms with van der Waals surface area (Å²) in [5, 5.41) is 1.01. The fraction of sp³-hybridized carbons (Fsp3) is 0.0909. The maximum Gasteiger partial charge on any atom is 0.169 e. The van der Waals surface area contributed by atoms with Crippen molar-refractivity contribution in [3.63, 3.8) is 0 Å². The summed E-state index contributed by atoms with van der Waals surface area (Å²) in [5.74, 6) is 0.134. The fourth-order valence-electron chi connectivity index (χ4n) is 3.16. The smallest absolute Gasteiger partial charge is 0.169 e. The highest BCUT2D eigenvalue weighted by atomic mass is 16.1. The first-order chi connectivity index (χ1) is 12.3. The normalized spacial score (nSPS) is 10.9. The van der Waals surface area contributed by atoms with Crippen LogP contribution in [0.4, 0.5) is 0 Å². The molecule has 0 saturated heterocycles. The van der Waals surface area contributed by atoms with Gasteiger partial charge in [0.15, 0.2) is 5.78 Å². The standard InChI is InChI=1S/C22H18N2O/c25-22(14-17-10-12-23-13-11-17)20-16-24(15-18-6-2-1-3-7-18)21-9-5-4-8-19(20)21/h1-13,16H,14-15H2. The van der Waals surface area contributed by atoms with Gasteiger partial charge in [-0.3, -0.25) is 9.78 Å². The minimum Gasteiger partial charge on any atom is -0.342 e. The second kappa shape index (κ2) is 6.73. The molecule has 0 amide bonds. The van der Waals surface area contributed by atoms with Gasteiger partial charge in [0.25, 0.3) is 0 Å². The van der Waals surface area contributed by atoms with Crippen molar-refractivity contribution >= 4 is 16.7 Å². The van der Waals surface area contributed by atoms with Crippen LogP contribution in [0.15, 0.2) is 85.3 Å². The third kappa shape index (κ3) is 3.22. The van der Waals surface area contributed by atoms with Gasteiger partial charge in [0.1, 0.15) is 0 Å². The third-order valence-corrected chi connectivity index (χ3v) is 4.40. The molecule has 3 nitrogen and oxygen atoms in total. The minimum atomic E-state index is 0.134. The van der Waals surface area contributed by atoms with E-state index in [-0.39, 0.29) is 5.78 Å². The number of carbonyl (C=O) groups is 1. The lowest BCUT2D eigenvalue weighted by molar-refractivity contribution is 0.0994. The van der Waals surface area contributed by atoms with Crippen LogP contribution in [0.5, 0.6) is 0 Å². The van der Waals surface area contributed by atoms with Crippen molar-refractivity contribution in [2.75, 3.05) is 0 Å². The van der Waals surface area contributed by atoms with Gasteiger partial charge in [0.05, 0.1) is 0 Å². The molecule has 0 bridgehead atoms. The van der Waals surface area contributed by atoms with Crippen molar-refractivity contribution in [1.82, 2.24) is 9.55 Å². The Bertz CT molecular complexity index is 1000. The first kappa shape index (κ1) is 15.3. The minimum absolute atomic E-state index is 0.134. The maximum absolute atomic E-state index is 12.9.